The lowest BCUT2D eigenvalue weighted by Crippen LogP contribution is -2.44. The van der Waals surface area contributed by atoms with E-state index in [0.29, 0.717) is 17.6 Å². The van der Waals surface area contributed by atoms with Crippen molar-refractivity contribution in [2.24, 2.45) is 22.9 Å². The van der Waals surface area contributed by atoms with Crippen molar-refractivity contribution in [1.82, 2.24) is 0 Å². The molecule has 1 saturated heterocycles. The van der Waals surface area contributed by atoms with Gasteiger partial charge in [-0.2, -0.15) is 0 Å². The van der Waals surface area contributed by atoms with Gasteiger partial charge in [-0.05, 0) is 44.1 Å². The summed E-state index contributed by atoms with van der Waals surface area (Å²) in [4.78, 5) is 5.17. The molecule has 4 atom stereocenters. The van der Waals surface area contributed by atoms with Crippen LogP contribution in [-0.2, 0) is 9.57 Å². The molecule has 0 bridgehead atoms. The minimum Gasteiger partial charge on any atom is -0.491 e. The highest BCUT2D eigenvalue weighted by Crippen LogP contribution is 2.46. The van der Waals surface area contributed by atoms with Crippen LogP contribution in [0.3, 0.4) is 0 Å². The Labute approximate surface area is 133 Å². The monoisotopic (exact) mass is 305 g/mol. The zero-order valence-electron chi connectivity index (χ0n) is 14.0. The molecule has 0 aromatic rings. The average molecular weight is 305 g/mol. The predicted molar refractivity (Wildman–Crippen MR) is 87.1 cm³/mol. The van der Waals surface area contributed by atoms with Gasteiger partial charge in [0.15, 0.2) is 6.61 Å². The Morgan fingerprint density at radius 1 is 1.59 bits per heavy atom. The minimum absolute atomic E-state index is 0.0367. The summed E-state index contributed by atoms with van der Waals surface area (Å²) in [6.07, 6.45) is 9.80. The van der Waals surface area contributed by atoms with Gasteiger partial charge in [0, 0.05) is 0 Å². The Hall–Kier alpha value is -1.47. The van der Waals surface area contributed by atoms with E-state index >= 15 is 0 Å². The van der Waals surface area contributed by atoms with Crippen LogP contribution in [0.25, 0.3) is 0 Å². The third-order valence-electron chi connectivity index (χ3n) is 4.41. The van der Waals surface area contributed by atoms with Crippen LogP contribution in [0.2, 0.25) is 0 Å². The largest absolute Gasteiger partial charge is 0.491 e. The molecule has 122 valence electrons. The fraction of sp³-hybridized carbons (Fsp3) is 0.722. The summed E-state index contributed by atoms with van der Waals surface area (Å²) >= 11 is 0. The first-order valence-electron chi connectivity index (χ1n) is 8.08. The predicted octanol–water partition coefficient (Wildman–Crippen LogP) is 3.12. The third-order valence-corrected chi connectivity index (χ3v) is 4.41. The van der Waals surface area contributed by atoms with Gasteiger partial charge in [0.05, 0.1) is 11.6 Å². The van der Waals surface area contributed by atoms with E-state index in [0.717, 1.165) is 25.0 Å². The second-order valence-electron chi connectivity index (χ2n) is 7.08. The molecule has 0 aromatic heterocycles. The first-order chi connectivity index (χ1) is 10.4. The lowest BCUT2D eigenvalue weighted by Gasteiger charge is -2.33. The fourth-order valence-electron chi connectivity index (χ4n) is 3.40. The van der Waals surface area contributed by atoms with E-state index in [1.807, 2.05) is 13.0 Å². The summed E-state index contributed by atoms with van der Waals surface area (Å²) in [6.45, 7) is 8.43. The average Bonchev–Trinajstić information content (AvgIpc) is 2.67. The maximum Gasteiger partial charge on any atom is 0.177 e. The van der Waals surface area contributed by atoms with Crippen LogP contribution in [0.5, 0.6) is 0 Å². The van der Waals surface area contributed by atoms with Crippen molar-refractivity contribution in [3.63, 3.8) is 0 Å². The highest BCUT2D eigenvalue weighted by molar-refractivity contribution is 5.89. The fourth-order valence-corrected chi connectivity index (χ4v) is 3.40. The van der Waals surface area contributed by atoms with Crippen molar-refractivity contribution in [3.05, 3.63) is 11.8 Å². The van der Waals surface area contributed by atoms with Gasteiger partial charge in [0.2, 0.25) is 0 Å². The van der Waals surface area contributed by atoms with Crippen molar-refractivity contribution in [1.29, 1.82) is 0 Å². The Bertz CT molecular complexity index is 499. The molecule has 2 fully saturated rings. The van der Waals surface area contributed by atoms with Gasteiger partial charge >= 0.3 is 0 Å². The van der Waals surface area contributed by atoms with Crippen LogP contribution in [0.4, 0.5) is 0 Å². The van der Waals surface area contributed by atoms with Gasteiger partial charge in [0.25, 0.3) is 0 Å². The van der Waals surface area contributed by atoms with E-state index in [9.17, 15) is 5.11 Å². The summed E-state index contributed by atoms with van der Waals surface area (Å²) in [5.74, 6) is 3.91. The number of oxime groups is 1. The molecule has 0 aromatic carbocycles. The summed E-state index contributed by atoms with van der Waals surface area (Å²) in [5, 5.41) is 15.2. The Morgan fingerprint density at radius 3 is 2.95 bits per heavy atom. The zero-order valence-corrected chi connectivity index (χ0v) is 14.0. The molecule has 1 aliphatic heterocycles. The molecule has 2 aliphatic rings. The van der Waals surface area contributed by atoms with Crippen LogP contribution in [-0.4, -0.2) is 29.1 Å². The molecule has 0 amide bonds. The van der Waals surface area contributed by atoms with Crippen LogP contribution in [0.1, 0.15) is 47.0 Å². The molecule has 4 nitrogen and oxygen atoms in total. The maximum absolute atomic E-state index is 11.0. The second-order valence-corrected chi connectivity index (χ2v) is 7.08. The van der Waals surface area contributed by atoms with Crippen molar-refractivity contribution in [2.75, 3.05) is 6.61 Å². The molecule has 0 spiro atoms. The summed E-state index contributed by atoms with van der Waals surface area (Å²) in [5.41, 5.74) is -0.171. The van der Waals surface area contributed by atoms with Crippen LogP contribution < -0.4 is 0 Å². The maximum atomic E-state index is 11.0. The second kappa shape index (κ2) is 6.75. The van der Waals surface area contributed by atoms with Crippen LogP contribution >= 0.6 is 0 Å². The van der Waals surface area contributed by atoms with E-state index < -0.39 is 5.60 Å². The number of aliphatic hydroxyl groups is 1. The number of terminal acetylenes is 1. The number of allylic oxidation sites excluding steroid dienone is 1. The summed E-state index contributed by atoms with van der Waals surface area (Å²) in [7, 11) is 0. The molecule has 1 saturated carbocycles. The number of nitrogens with zero attached hydrogens (tertiary/aromatic N) is 1. The van der Waals surface area contributed by atoms with E-state index in [1.165, 1.54) is 0 Å². The summed E-state index contributed by atoms with van der Waals surface area (Å²) < 4.78 is 6.07. The van der Waals surface area contributed by atoms with Gasteiger partial charge in [-0.15, -0.1) is 6.42 Å². The normalized spacial score (nSPS) is 38.0. The Morgan fingerprint density at radius 2 is 2.32 bits per heavy atom. The van der Waals surface area contributed by atoms with E-state index in [1.54, 1.807) is 0 Å². The molecule has 0 radical (unpaired) electrons. The van der Waals surface area contributed by atoms with Crippen molar-refractivity contribution in [3.8, 4) is 12.3 Å². The molecular weight excluding hydrogens is 278 g/mol. The molecule has 1 aliphatic carbocycles. The van der Waals surface area contributed by atoms with E-state index in [-0.39, 0.29) is 18.6 Å². The quantitative estimate of drug-likeness (QED) is 0.493. The smallest absolute Gasteiger partial charge is 0.177 e. The highest BCUT2D eigenvalue weighted by atomic mass is 16.6. The third kappa shape index (κ3) is 3.47. The molecule has 1 heterocycles. The van der Waals surface area contributed by atoms with Gasteiger partial charge in [-0.3, -0.25) is 0 Å². The van der Waals surface area contributed by atoms with Crippen molar-refractivity contribution in [2.45, 2.75) is 58.7 Å². The van der Waals surface area contributed by atoms with Gasteiger partial charge in [-0.1, -0.05) is 31.8 Å². The summed E-state index contributed by atoms with van der Waals surface area (Å²) in [6, 6.07) is 0. The van der Waals surface area contributed by atoms with Crippen LogP contribution in [0, 0.1) is 30.1 Å². The number of rotatable bonds is 4. The van der Waals surface area contributed by atoms with E-state index in [2.05, 4.69) is 31.8 Å². The van der Waals surface area contributed by atoms with Gasteiger partial charge in [-0.25, -0.2) is 0 Å². The first kappa shape index (κ1) is 16.9. The number of fused-ring (bicyclic) bond motifs is 1. The van der Waals surface area contributed by atoms with Gasteiger partial charge < -0.3 is 14.7 Å². The lowest BCUT2D eigenvalue weighted by atomic mass is 9.72. The topological polar surface area (TPSA) is 51.0 Å². The molecule has 2 rings (SSSR count). The zero-order chi connectivity index (χ0) is 16.3. The highest BCUT2D eigenvalue weighted by Gasteiger charge is 2.54. The van der Waals surface area contributed by atoms with Crippen molar-refractivity contribution < 1.29 is 14.7 Å². The molecule has 1 N–H and O–H groups in total. The molecule has 4 heteroatoms. The SMILES string of the molecule is C#CCO/N=C1\C[C@H](C)C[C@@H]2O/C(=C\CC(C)C)[C@](C)(O)[C@H]12. The minimum atomic E-state index is -1.03. The molecular formula is C18H27NO3. The van der Waals surface area contributed by atoms with Gasteiger partial charge in [0.1, 0.15) is 17.5 Å². The standard InChI is InChI=1S/C18H27NO3/c1-6-9-21-19-14-10-13(4)11-15-17(14)18(5,20)16(22-15)8-7-12(2)3/h1,8,12-13,15,17,20H,7,9-11H2,2-5H3/b16-8-,19-14+/t13-,15-,17+,18-/m0/s1. The molecule has 0 unspecified atom stereocenters. The van der Waals surface area contributed by atoms with Crippen LogP contribution in [0.15, 0.2) is 17.0 Å². The molecule has 22 heavy (non-hydrogen) atoms. The number of hydrogen-bond acceptors (Lipinski definition) is 4. The number of hydrogen-bond donors (Lipinski definition) is 1. The first-order valence-corrected chi connectivity index (χ1v) is 8.08. The lowest BCUT2D eigenvalue weighted by molar-refractivity contribution is 0.0662. The van der Waals surface area contributed by atoms with Crippen molar-refractivity contribution >= 4 is 5.71 Å². The Balaban J connectivity index is 2.25. The number of ether oxygens (including phenoxy) is 1. The van der Waals surface area contributed by atoms with E-state index in [4.69, 9.17) is 16.0 Å². The Kier molecular flexibility index (Phi) is 5.18.